The average molecular weight is 435 g/mol. The SMILES string of the molecule is COc1ccc(-n2nc(C(F)(F)F)c(C)c2-c2ccc(OCCNC(=O)O)cc2)cc1. The first-order chi connectivity index (χ1) is 14.7. The second-order valence-electron chi connectivity index (χ2n) is 6.53. The maximum Gasteiger partial charge on any atom is 0.435 e. The predicted octanol–water partition coefficient (Wildman–Crippen LogP) is 4.52. The molecule has 0 saturated carbocycles. The minimum absolute atomic E-state index is 0.00245. The van der Waals surface area contributed by atoms with E-state index in [9.17, 15) is 18.0 Å². The topological polar surface area (TPSA) is 85.6 Å². The summed E-state index contributed by atoms with van der Waals surface area (Å²) in [4.78, 5) is 10.4. The number of nitrogens with one attached hydrogen (secondary N) is 1. The molecule has 0 spiro atoms. The zero-order chi connectivity index (χ0) is 22.6. The smallest absolute Gasteiger partial charge is 0.435 e. The third kappa shape index (κ3) is 5.08. The van der Waals surface area contributed by atoms with Gasteiger partial charge in [0, 0.05) is 11.1 Å². The number of methoxy groups -OCH3 is 1. The van der Waals surface area contributed by atoms with Crippen LogP contribution in [-0.2, 0) is 6.18 Å². The van der Waals surface area contributed by atoms with Gasteiger partial charge in [-0.15, -0.1) is 0 Å². The van der Waals surface area contributed by atoms with Crippen LogP contribution in [0.15, 0.2) is 48.5 Å². The monoisotopic (exact) mass is 435 g/mol. The van der Waals surface area contributed by atoms with Gasteiger partial charge in [-0.25, -0.2) is 9.48 Å². The first-order valence-electron chi connectivity index (χ1n) is 9.22. The van der Waals surface area contributed by atoms with Gasteiger partial charge in [-0.05, 0) is 55.5 Å². The van der Waals surface area contributed by atoms with Crippen molar-refractivity contribution in [2.45, 2.75) is 13.1 Å². The largest absolute Gasteiger partial charge is 0.497 e. The number of halogens is 3. The first kappa shape index (κ1) is 22.0. The fourth-order valence-electron chi connectivity index (χ4n) is 3.05. The highest BCUT2D eigenvalue weighted by atomic mass is 19.4. The lowest BCUT2D eigenvalue weighted by atomic mass is 10.1. The Morgan fingerprint density at radius 2 is 1.71 bits per heavy atom. The number of hydrogen-bond acceptors (Lipinski definition) is 4. The Balaban J connectivity index is 1.95. The maximum absolute atomic E-state index is 13.5. The fraction of sp³-hybridized carbons (Fsp3) is 0.238. The highest BCUT2D eigenvalue weighted by molar-refractivity contribution is 5.68. The molecule has 7 nitrogen and oxygen atoms in total. The average Bonchev–Trinajstić information content (AvgIpc) is 3.09. The molecule has 1 aromatic heterocycles. The number of carbonyl (C=O) groups is 1. The molecule has 1 heterocycles. The zero-order valence-electron chi connectivity index (χ0n) is 16.7. The van der Waals surface area contributed by atoms with Gasteiger partial charge in [0.2, 0.25) is 0 Å². The molecule has 10 heteroatoms. The van der Waals surface area contributed by atoms with Crippen LogP contribution in [0, 0.1) is 6.92 Å². The molecule has 0 aliphatic carbocycles. The zero-order valence-corrected chi connectivity index (χ0v) is 16.7. The van der Waals surface area contributed by atoms with Crippen molar-refractivity contribution in [3.8, 4) is 28.4 Å². The molecular formula is C21H20F3N3O4. The van der Waals surface area contributed by atoms with Gasteiger partial charge >= 0.3 is 12.3 Å². The highest BCUT2D eigenvalue weighted by Crippen LogP contribution is 2.37. The Bertz CT molecular complexity index is 1050. The summed E-state index contributed by atoms with van der Waals surface area (Å²) in [6, 6.07) is 13.0. The summed E-state index contributed by atoms with van der Waals surface area (Å²) in [6.45, 7) is 1.61. The molecule has 0 fully saturated rings. The second-order valence-corrected chi connectivity index (χ2v) is 6.53. The third-order valence-corrected chi connectivity index (χ3v) is 4.48. The summed E-state index contributed by atoms with van der Waals surface area (Å²) < 4.78 is 52.4. The van der Waals surface area contributed by atoms with E-state index in [1.807, 2.05) is 0 Å². The molecule has 3 aromatic rings. The van der Waals surface area contributed by atoms with E-state index in [-0.39, 0.29) is 18.7 Å². The van der Waals surface area contributed by atoms with E-state index < -0.39 is 18.0 Å². The normalized spacial score (nSPS) is 11.3. The molecule has 2 aromatic carbocycles. The molecule has 0 radical (unpaired) electrons. The van der Waals surface area contributed by atoms with E-state index in [1.165, 1.54) is 18.7 Å². The predicted molar refractivity (Wildman–Crippen MR) is 107 cm³/mol. The Morgan fingerprint density at radius 1 is 1.10 bits per heavy atom. The minimum atomic E-state index is -4.60. The highest BCUT2D eigenvalue weighted by Gasteiger charge is 2.38. The number of benzene rings is 2. The summed E-state index contributed by atoms with van der Waals surface area (Å²) in [6.07, 6.45) is -5.75. The summed E-state index contributed by atoms with van der Waals surface area (Å²) in [5.41, 5.74) is 0.319. The Hall–Kier alpha value is -3.69. The van der Waals surface area contributed by atoms with Crippen molar-refractivity contribution < 1.29 is 32.5 Å². The van der Waals surface area contributed by atoms with Gasteiger partial charge in [-0.3, -0.25) is 0 Å². The lowest BCUT2D eigenvalue weighted by molar-refractivity contribution is -0.141. The van der Waals surface area contributed by atoms with Crippen LogP contribution in [0.5, 0.6) is 11.5 Å². The molecule has 0 atom stereocenters. The molecule has 0 bridgehead atoms. The lowest BCUT2D eigenvalue weighted by Crippen LogP contribution is -2.26. The van der Waals surface area contributed by atoms with Crippen LogP contribution in [0.25, 0.3) is 16.9 Å². The van der Waals surface area contributed by atoms with Crippen LogP contribution >= 0.6 is 0 Å². The van der Waals surface area contributed by atoms with Gasteiger partial charge in [0.1, 0.15) is 18.1 Å². The van der Waals surface area contributed by atoms with Crippen LogP contribution in [0.4, 0.5) is 18.0 Å². The van der Waals surface area contributed by atoms with Gasteiger partial charge < -0.3 is 19.9 Å². The van der Waals surface area contributed by atoms with Crippen molar-refractivity contribution in [1.29, 1.82) is 0 Å². The molecule has 0 saturated heterocycles. The van der Waals surface area contributed by atoms with Crippen molar-refractivity contribution in [3.05, 3.63) is 59.8 Å². The molecule has 2 N–H and O–H groups in total. The number of alkyl halides is 3. The van der Waals surface area contributed by atoms with Crippen LogP contribution in [0.3, 0.4) is 0 Å². The lowest BCUT2D eigenvalue weighted by Gasteiger charge is -2.11. The summed E-state index contributed by atoms with van der Waals surface area (Å²) >= 11 is 0. The molecule has 1 amide bonds. The summed E-state index contributed by atoms with van der Waals surface area (Å²) in [5, 5.41) is 14.6. The third-order valence-electron chi connectivity index (χ3n) is 4.48. The standard InChI is InChI=1S/C21H20F3N3O4/c1-13-18(14-3-7-17(8-4-14)31-12-11-25-20(28)29)27(26-19(13)21(22,23)24)15-5-9-16(30-2)10-6-15/h3-10,25H,11-12H2,1-2H3,(H,28,29). The van der Waals surface area contributed by atoms with Gasteiger partial charge in [-0.1, -0.05) is 0 Å². The Labute approximate surface area is 176 Å². The van der Waals surface area contributed by atoms with E-state index in [1.54, 1.807) is 48.5 Å². The maximum atomic E-state index is 13.5. The van der Waals surface area contributed by atoms with Gasteiger partial charge in [0.05, 0.1) is 25.0 Å². The number of amides is 1. The van der Waals surface area contributed by atoms with Crippen molar-refractivity contribution >= 4 is 6.09 Å². The number of ether oxygens (including phenoxy) is 2. The molecule has 0 aliphatic rings. The van der Waals surface area contributed by atoms with Crippen LogP contribution in [-0.4, -0.2) is 41.2 Å². The van der Waals surface area contributed by atoms with E-state index in [2.05, 4.69) is 10.4 Å². The van der Waals surface area contributed by atoms with E-state index in [0.717, 1.165) is 0 Å². The second kappa shape index (κ2) is 8.99. The molecular weight excluding hydrogens is 415 g/mol. The molecule has 3 rings (SSSR count). The van der Waals surface area contributed by atoms with Crippen molar-refractivity contribution in [3.63, 3.8) is 0 Å². The van der Waals surface area contributed by atoms with Crippen LogP contribution in [0.2, 0.25) is 0 Å². The minimum Gasteiger partial charge on any atom is -0.497 e. The Morgan fingerprint density at radius 3 is 2.26 bits per heavy atom. The van der Waals surface area contributed by atoms with Gasteiger partial charge in [0.15, 0.2) is 5.69 Å². The Kier molecular flexibility index (Phi) is 6.38. The quantitative estimate of drug-likeness (QED) is 0.533. The first-order valence-corrected chi connectivity index (χ1v) is 9.22. The van der Waals surface area contributed by atoms with Gasteiger partial charge in [-0.2, -0.15) is 18.3 Å². The fourth-order valence-corrected chi connectivity index (χ4v) is 3.05. The van der Waals surface area contributed by atoms with Crippen molar-refractivity contribution in [2.24, 2.45) is 0 Å². The molecule has 164 valence electrons. The number of nitrogens with zero attached hydrogens (tertiary/aromatic N) is 2. The van der Waals surface area contributed by atoms with Crippen molar-refractivity contribution in [2.75, 3.05) is 20.3 Å². The van der Waals surface area contributed by atoms with E-state index >= 15 is 0 Å². The van der Waals surface area contributed by atoms with Crippen molar-refractivity contribution in [1.82, 2.24) is 15.1 Å². The molecule has 0 aliphatic heterocycles. The van der Waals surface area contributed by atoms with E-state index in [4.69, 9.17) is 14.6 Å². The van der Waals surface area contributed by atoms with Crippen LogP contribution < -0.4 is 14.8 Å². The van der Waals surface area contributed by atoms with Crippen LogP contribution in [0.1, 0.15) is 11.3 Å². The molecule has 31 heavy (non-hydrogen) atoms. The van der Waals surface area contributed by atoms with E-state index in [0.29, 0.717) is 28.4 Å². The number of rotatable bonds is 7. The van der Waals surface area contributed by atoms with Gasteiger partial charge in [0.25, 0.3) is 0 Å². The summed E-state index contributed by atoms with van der Waals surface area (Å²) in [5.74, 6) is 1.03. The summed E-state index contributed by atoms with van der Waals surface area (Å²) in [7, 11) is 1.50. The molecule has 0 unspecified atom stereocenters. The number of aromatic nitrogens is 2. The number of carboxylic acid groups (broad SMARTS) is 1. The number of hydrogen-bond donors (Lipinski definition) is 2.